The first-order chi connectivity index (χ1) is 5.57. The lowest BCUT2D eigenvalue weighted by Gasteiger charge is -2.12. The van der Waals surface area contributed by atoms with Gasteiger partial charge in [-0.1, -0.05) is 0 Å². The van der Waals surface area contributed by atoms with Crippen LogP contribution in [0, 0.1) is 0 Å². The van der Waals surface area contributed by atoms with Crippen molar-refractivity contribution in [2.24, 2.45) is 0 Å². The number of likely N-dealkylation sites (N-methyl/N-ethyl adjacent to an activating group) is 1. The average molecular weight is 175 g/mol. The molecule has 4 nitrogen and oxygen atoms in total. The first kappa shape index (κ1) is 11.4. The van der Waals surface area contributed by atoms with Gasteiger partial charge in [0.25, 0.3) is 0 Å². The third-order valence-electron chi connectivity index (χ3n) is 1.50. The maximum absolute atomic E-state index is 10.5. The lowest BCUT2D eigenvalue weighted by Crippen LogP contribution is -2.35. The third kappa shape index (κ3) is 5.09. The molecule has 0 amide bonds. The fraction of sp³-hybridized carbons (Fsp3) is 0.875. The maximum atomic E-state index is 10.5. The molecule has 0 saturated heterocycles. The van der Waals surface area contributed by atoms with Crippen LogP contribution in [-0.2, 0) is 9.53 Å². The summed E-state index contributed by atoms with van der Waals surface area (Å²) in [5.41, 5.74) is 0. The monoisotopic (exact) mass is 175 g/mol. The van der Waals surface area contributed by atoms with Gasteiger partial charge in [0.1, 0.15) is 6.04 Å². The molecule has 0 aliphatic carbocycles. The van der Waals surface area contributed by atoms with Gasteiger partial charge in [-0.05, 0) is 27.3 Å². The minimum absolute atomic E-state index is 0.163. The molecule has 0 saturated carbocycles. The molecule has 0 fully saturated rings. The Morgan fingerprint density at radius 3 is 2.50 bits per heavy atom. The number of nitrogens with one attached hydrogen (secondary N) is 1. The van der Waals surface area contributed by atoms with Gasteiger partial charge in [-0.25, -0.2) is 0 Å². The largest absolute Gasteiger partial charge is 0.480 e. The van der Waals surface area contributed by atoms with E-state index in [1.807, 2.05) is 13.8 Å². The highest BCUT2D eigenvalue weighted by molar-refractivity contribution is 5.73. The number of rotatable bonds is 6. The van der Waals surface area contributed by atoms with Gasteiger partial charge in [-0.15, -0.1) is 0 Å². The van der Waals surface area contributed by atoms with Crippen LogP contribution in [0.5, 0.6) is 0 Å². The second kappa shape index (κ2) is 5.97. The van der Waals surface area contributed by atoms with Crippen molar-refractivity contribution in [2.75, 3.05) is 13.7 Å². The molecule has 0 bridgehead atoms. The van der Waals surface area contributed by atoms with Crippen molar-refractivity contribution in [3.63, 3.8) is 0 Å². The molecule has 0 rings (SSSR count). The number of aliphatic carboxylic acids is 1. The Labute approximate surface area is 72.9 Å². The summed E-state index contributed by atoms with van der Waals surface area (Å²) in [5.74, 6) is -0.829. The number of ether oxygens (including phenoxy) is 1. The summed E-state index contributed by atoms with van der Waals surface area (Å²) in [5, 5.41) is 11.3. The molecular weight excluding hydrogens is 158 g/mol. The smallest absolute Gasteiger partial charge is 0.320 e. The standard InChI is InChI=1S/C8H17NO3/c1-6(2)12-5-4-7(9-3)8(10)11/h6-7,9H,4-5H2,1-3H3,(H,10,11)/t7-/m0/s1. The molecule has 2 N–H and O–H groups in total. The van der Waals surface area contributed by atoms with E-state index in [1.165, 1.54) is 0 Å². The van der Waals surface area contributed by atoms with Gasteiger partial charge in [-0.2, -0.15) is 0 Å². The summed E-state index contributed by atoms with van der Waals surface area (Å²) in [6, 6.07) is -0.497. The molecule has 1 atom stereocenters. The van der Waals surface area contributed by atoms with Gasteiger partial charge >= 0.3 is 5.97 Å². The van der Waals surface area contributed by atoms with Crippen molar-refractivity contribution < 1.29 is 14.6 Å². The predicted molar refractivity (Wildman–Crippen MR) is 46.2 cm³/mol. The summed E-state index contributed by atoms with van der Waals surface area (Å²) >= 11 is 0. The van der Waals surface area contributed by atoms with E-state index < -0.39 is 12.0 Å². The van der Waals surface area contributed by atoms with E-state index in [9.17, 15) is 4.79 Å². The van der Waals surface area contributed by atoms with Crippen LogP contribution in [0.15, 0.2) is 0 Å². The number of carboxylic acids is 1. The summed E-state index contributed by atoms with van der Waals surface area (Å²) in [6.07, 6.45) is 0.667. The zero-order chi connectivity index (χ0) is 9.56. The Morgan fingerprint density at radius 1 is 1.58 bits per heavy atom. The molecule has 0 aromatic carbocycles. The van der Waals surface area contributed by atoms with Gasteiger partial charge < -0.3 is 15.2 Å². The van der Waals surface area contributed by atoms with Crippen LogP contribution >= 0.6 is 0 Å². The van der Waals surface area contributed by atoms with Crippen LogP contribution < -0.4 is 5.32 Å². The van der Waals surface area contributed by atoms with Crippen molar-refractivity contribution in [3.8, 4) is 0 Å². The number of carbonyl (C=O) groups is 1. The van der Waals surface area contributed by atoms with Crippen LogP contribution in [0.25, 0.3) is 0 Å². The maximum Gasteiger partial charge on any atom is 0.320 e. The molecule has 0 aliphatic heterocycles. The number of carboxylic acid groups (broad SMARTS) is 1. The van der Waals surface area contributed by atoms with Crippen LogP contribution in [-0.4, -0.2) is 36.9 Å². The van der Waals surface area contributed by atoms with Crippen molar-refractivity contribution in [3.05, 3.63) is 0 Å². The summed E-state index contributed by atoms with van der Waals surface area (Å²) in [7, 11) is 1.63. The van der Waals surface area contributed by atoms with E-state index >= 15 is 0 Å². The SMILES string of the molecule is CN[C@@H](CCOC(C)C)C(=O)O. The second-order valence-corrected chi connectivity index (χ2v) is 2.89. The summed E-state index contributed by atoms with van der Waals surface area (Å²) in [6.45, 7) is 4.33. The lowest BCUT2D eigenvalue weighted by atomic mass is 10.2. The van der Waals surface area contributed by atoms with Crippen molar-refractivity contribution in [1.29, 1.82) is 0 Å². The van der Waals surface area contributed by atoms with Crippen LogP contribution in [0.2, 0.25) is 0 Å². The molecule has 12 heavy (non-hydrogen) atoms. The fourth-order valence-electron chi connectivity index (χ4n) is 0.813. The average Bonchev–Trinajstić information content (AvgIpc) is 1.96. The zero-order valence-corrected chi connectivity index (χ0v) is 7.83. The Morgan fingerprint density at radius 2 is 2.17 bits per heavy atom. The Bertz CT molecular complexity index is 136. The highest BCUT2D eigenvalue weighted by Crippen LogP contribution is 1.95. The van der Waals surface area contributed by atoms with Crippen LogP contribution in [0.4, 0.5) is 0 Å². The van der Waals surface area contributed by atoms with E-state index in [4.69, 9.17) is 9.84 Å². The van der Waals surface area contributed by atoms with Gasteiger partial charge in [-0.3, -0.25) is 4.79 Å². The molecule has 72 valence electrons. The normalized spacial score (nSPS) is 13.3. The Kier molecular flexibility index (Phi) is 5.66. The zero-order valence-electron chi connectivity index (χ0n) is 7.83. The van der Waals surface area contributed by atoms with E-state index in [-0.39, 0.29) is 6.10 Å². The van der Waals surface area contributed by atoms with E-state index in [1.54, 1.807) is 7.05 Å². The van der Waals surface area contributed by atoms with Gasteiger partial charge in [0, 0.05) is 6.61 Å². The third-order valence-corrected chi connectivity index (χ3v) is 1.50. The van der Waals surface area contributed by atoms with E-state index in [0.29, 0.717) is 13.0 Å². The minimum atomic E-state index is -0.829. The minimum Gasteiger partial charge on any atom is -0.480 e. The van der Waals surface area contributed by atoms with Gasteiger partial charge in [0.2, 0.25) is 0 Å². The van der Waals surface area contributed by atoms with Crippen molar-refractivity contribution in [1.82, 2.24) is 5.32 Å². The molecule has 0 aromatic rings. The second-order valence-electron chi connectivity index (χ2n) is 2.89. The molecule has 0 spiro atoms. The molecule has 0 unspecified atom stereocenters. The molecule has 4 heteroatoms. The molecule has 0 heterocycles. The highest BCUT2D eigenvalue weighted by Gasteiger charge is 2.13. The number of hydrogen-bond donors (Lipinski definition) is 2. The van der Waals surface area contributed by atoms with Gasteiger partial charge in [0.15, 0.2) is 0 Å². The topological polar surface area (TPSA) is 58.6 Å². The highest BCUT2D eigenvalue weighted by atomic mass is 16.5. The van der Waals surface area contributed by atoms with E-state index in [2.05, 4.69) is 5.32 Å². The lowest BCUT2D eigenvalue weighted by molar-refractivity contribution is -0.140. The van der Waals surface area contributed by atoms with E-state index in [0.717, 1.165) is 0 Å². The van der Waals surface area contributed by atoms with Crippen LogP contribution in [0.1, 0.15) is 20.3 Å². The van der Waals surface area contributed by atoms with Gasteiger partial charge in [0.05, 0.1) is 6.10 Å². The van der Waals surface area contributed by atoms with Crippen molar-refractivity contribution in [2.45, 2.75) is 32.4 Å². The predicted octanol–water partition coefficient (Wildman–Crippen LogP) is 0.474. The van der Waals surface area contributed by atoms with Crippen molar-refractivity contribution >= 4 is 5.97 Å². The molecule has 0 aliphatic rings. The number of hydrogen-bond acceptors (Lipinski definition) is 3. The molecular formula is C8H17NO3. The quantitative estimate of drug-likeness (QED) is 0.616. The first-order valence-electron chi connectivity index (χ1n) is 4.09. The molecule has 0 radical (unpaired) electrons. The fourth-order valence-corrected chi connectivity index (χ4v) is 0.813. The Balaban J connectivity index is 3.52. The summed E-state index contributed by atoms with van der Waals surface area (Å²) < 4.78 is 5.22. The molecule has 0 aromatic heterocycles. The summed E-state index contributed by atoms with van der Waals surface area (Å²) in [4.78, 5) is 10.5. The first-order valence-corrected chi connectivity index (χ1v) is 4.09. The Hall–Kier alpha value is -0.610. The van der Waals surface area contributed by atoms with Crippen LogP contribution in [0.3, 0.4) is 0 Å².